The zero-order valence-corrected chi connectivity index (χ0v) is 10.3. The first-order valence-electron chi connectivity index (χ1n) is 6.01. The Morgan fingerprint density at radius 1 is 1.31 bits per heavy atom. The Kier molecular flexibility index (Phi) is 6.04. The minimum atomic E-state index is 0.295. The molecule has 90 valence electrons. The van der Waals surface area contributed by atoms with Gasteiger partial charge in [0.15, 0.2) is 0 Å². The van der Waals surface area contributed by atoms with Crippen molar-refractivity contribution >= 4 is 0 Å². The Morgan fingerprint density at radius 3 is 2.69 bits per heavy atom. The maximum atomic E-state index is 8.74. The molecule has 1 N–H and O–H groups in total. The maximum absolute atomic E-state index is 8.74. The summed E-state index contributed by atoms with van der Waals surface area (Å²) in [6, 6.07) is 4.19. The third kappa shape index (κ3) is 4.73. The predicted molar refractivity (Wildman–Crippen MR) is 66.2 cm³/mol. The van der Waals surface area contributed by atoms with Gasteiger partial charge in [0.05, 0.1) is 0 Å². The molecule has 0 bridgehead atoms. The van der Waals surface area contributed by atoms with Crippen LogP contribution in [0.15, 0.2) is 18.3 Å². The van der Waals surface area contributed by atoms with Crippen molar-refractivity contribution in [3.63, 3.8) is 0 Å². The Labute approximate surface area is 98.1 Å². The largest absolute Gasteiger partial charge is 0.396 e. The zero-order valence-electron chi connectivity index (χ0n) is 10.3. The average Bonchev–Trinajstić information content (AvgIpc) is 2.31. The van der Waals surface area contributed by atoms with E-state index < -0.39 is 0 Å². The number of unbranched alkanes of at least 4 members (excludes halogenated alkanes) is 1. The van der Waals surface area contributed by atoms with Crippen LogP contribution in [0.1, 0.15) is 31.0 Å². The third-order valence-corrected chi connectivity index (χ3v) is 2.71. The van der Waals surface area contributed by atoms with E-state index in [1.54, 1.807) is 0 Å². The molecule has 0 unspecified atom stereocenters. The van der Waals surface area contributed by atoms with Crippen LogP contribution < -0.4 is 0 Å². The Balaban J connectivity index is 2.40. The van der Waals surface area contributed by atoms with E-state index in [0.29, 0.717) is 6.61 Å². The molecule has 0 fully saturated rings. The lowest BCUT2D eigenvalue weighted by molar-refractivity contribution is 0.243. The van der Waals surface area contributed by atoms with E-state index in [0.717, 1.165) is 38.2 Å². The summed E-state index contributed by atoms with van der Waals surface area (Å²) in [7, 11) is 0. The van der Waals surface area contributed by atoms with E-state index in [1.807, 2.05) is 13.1 Å². The predicted octanol–water partition coefficient (Wildman–Crippen LogP) is 1.98. The topological polar surface area (TPSA) is 36.4 Å². The molecule has 0 saturated carbocycles. The molecule has 0 radical (unpaired) electrons. The minimum absolute atomic E-state index is 0.295. The van der Waals surface area contributed by atoms with Crippen LogP contribution in [-0.2, 0) is 6.54 Å². The van der Waals surface area contributed by atoms with Crippen LogP contribution in [0.2, 0.25) is 0 Å². The average molecular weight is 222 g/mol. The molecule has 0 aliphatic rings. The Bertz CT molecular complexity index is 284. The third-order valence-electron chi connectivity index (χ3n) is 2.71. The molecule has 0 aliphatic heterocycles. The molecular formula is C13H22N2O. The normalized spacial score (nSPS) is 11.0. The van der Waals surface area contributed by atoms with E-state index in [-0.39, 0.29) is 0 Å². The lowest BCUT2D eigenvalue weighted by atomic mass is 10.2. The number of pyridine rings is 1. The highest BCUT2D eigenvalue weighted by molar-refractivity contribution is 5.12. The monoisotopic (exact) mass is 222 g/mol. The molecule has 16 heavy (non-hydrogen) atoms. The second-order valence-corrected chi connectivity index (χ2v) is 4.11. The molecule has 0 aliphatic carbocycles. The van der Waals surface area contributed by atoms with Crippen molar-refractivity contribution in [1.29, 1.82) is 0 Å². The highest BCUT2D eigenvalue weighted by Crippen LogP contribution is 2.05. The molecule has 0 amide bonds. The summed E-state index contributed by atoms with van der Waals surface area (Å²) in [5.74, 6) is 0. The fourth-order valence-electron chi connectivity index (χ4n) is 1.65. The smallest absolute Gasteiger partial charge is 0.0431 e. The van der Waals surface area contributed by atoms with E-state index in [4.69, 9.17) is 5.11 Å². The fraction of sp³-hybridized carbons (Fsp3) is 0.615. The SMILES string of the molecule is CCN(CCCCO)Cc1ccc(C)nc1. The summed E-state index contributed by atoms with van der Waals surface area (Å²) < 4.78 is 0. The molecule has 0 saturated heterocycles. The van der Waals surface area contributed by atoms with Crippen molar-refractivity contribution in [3.8, 4) is 0 Å². The highest BCUT2D eigenvalue weighted by Gasteiger charge is 2.03. The zero-order chi connectivity index (χ0) is 11.8. The van der Waals surface area contributed by atoms with E-state index >= 15 is 0 Å². The summed E-state index contributed by atoms with van der Waals surface area (Å²) >= 11 is 0. The molecule has 3 heteroatoms. The molecular weight excluding hydrogens is 200 g/mol. The summed E-state index contributed by atoms with van der Waals surface area (Å²) in [6.45, 7) is 7.51. The van der Waals surface area contributed by atoms with Crippen LogP contribution in [0.25, 0.3) is 0 Å². The highest BCUT2D eigenvalue weighted by atomic mass is 16.2. The Hall–Kier alpha value is -0.930. The van der Waals surface area contributed by atoms with Crippen molar-refractivity contribution in [2.75, 3.05) is 19.7 Å². The maximum Gasteiger partial charge on any atom is 0.0431 e. The fourth-order valence-corrected chi connectivity index (χ4v) is 1.65. The van der Waals surface area contributed by atoms with Gasteiger partial charge in [0.1, 0.15) is 0 Å². The molecule has 0 atom stereocenters. The lowest BCUT2D eigenvalue weighted by Gasteiger charge is -2.20. The first kappa shape index (κ1) is 13.1. The van der Waals surface area contributed by atoms with Crippen molar-refractivity contribution in [3.05, 3.63) is 29.6 Å². The Morgan fingerprint density at radius 2 is 2.12 bits per heavy atom. The first-order chi connectivity index (χ1) is 7.76. The van der Waals surface area contributed by atoms with Crippen LogP contribution in [0.4, 0.5) is 0 Å². The van der Waals surface area contributed by atoms with Gasteiger partial charge in [0, 0.05) is 25.0 Å². The van der Waals surface area contributed by atoms with Crippen LogP contribution in [0.5, 0.6) is 0 Å². The molecule has 3 nitrogen and oxygen atoms in total. The minimum Gasteiger partial charge on any atom is -0.396 e. The molecule has 0 aromatic carbocycles. The molecule has 1 aromatic heterocycles. The van der Waals surface area contributed by atoms with Crippen LogP contribution in [-0.4, -0.2) is 34.7 Å². The first-order valence-corrected chi connectivity index (χ1v) is 6.01. The summed E-state index contributed by atoms with van der Waals surface area (Å²) in [4.78, 5) is 6.67. The lowest BCUT2D eigenvalue weighted by Crippen LogP contribution is -2.24. The van der Waals surface area contributed by atoms with E-state index in [1.165, 1.54) is 5.56 Å². The molecule has 1 rings (SSSR count). The van der Waals surface area contributed by atoms with Crippen molar-refractivity contribution in [2.24, 2.45) is 0 Å². The van der Waals surface area contributed by atoms with Gasteiger partial charge in [0.25, 0.3) is 0 Å². The molecule has 1 aromatic rings. The number of rotatable bonds is 7. The summed E-state index contributed by atoms with van der Waals surface area (Å²) in [5, 5.41) is 8.74. The second-order valence-electron chi connectivity index (χ2n) is 4.11. The number of aromatic nitrogens is 1. The van der Waals surface area contributed by atoms with Gasteiger partial charge in [-0.15, -0.1) is 0 Å². The van der Waals surface area contributed by atoms with Gasteiger partial charge in [-0.3, -0.25) is 9.88 Å². The van der Waals surface area contributed by atoms with Crippen molar-refractivity contribution < 1.29 is 5.11 Å². The van der Waals surface area contributed by atoms with Gasteiger partial charge in [0.2, 0.25) is 0 Å². The number of aryl methyl sites for hydroxylation is 1. The van der Waals surface area contributed by atoms with E-state index in [9.17, 15) is 0 Å². The van der Waals surface area contributed by atoms with Gasteiger partial charge in [-0.05, 0) is 44.5 Å². The quantitative estimate of drug-likeness (QED) is 0.717. The molecule has 0 spiro atoms. The summed E-state index contributed by atoms with van der Waals surface area (Å²) in [5.41, 5.74) is 2.32. The van der Waals surface area contributed by atoms with Crippen LogP contribution >= 0.6 is 0 Å². The van der Waals surface area contributed by atoms with Crippen molar-refractivity contribution in [2.45, 2.75) is 33.2 Å². The van der Waals surface area contributed by atoms with Crippen LogP contribution in [0.3, 0.4) is 0 Å². The van der Waals surface area contributed by atoms with Crippen molar-refractivity contribution in [1.82, 2.24) is 9.88 Å². The number of aliphatic hydroxyl groups excluding tert-OH is 1. The number of nitrogens with zero attached hydrogens (tertiary/aromatic N) is 2. The second kappa shape index (κ2) is 7.36. The van der Waals surface area contributed by atoms with Gasteiger partial charge in [-0.1, -0.05) is 13.0 Å². The van der Waals surface area contributed by atoms with E-state index in [2.05, 4.69) is 28.9 Å². The number of aliphatic hydroxyl groups is 1. The van der Waals surface area contributed by atoms with Gasteiger partial charge < -0.3 is 5.11 Å². The van der Waals surface area contributed by atoms with Gasteiger partial charge in [-0.25, -0.2) is 0 Å². The van der Waals surface area contributed by atoms with Gasteiger partial charge >= 0.3 is 0 Å². The number of hydrogen-bond donors (Lipinski definition) is 1. The van der Waals surface area contributed by atoms with Crippen LogP contribution in [0, 0.1) is 6.92 Å². The standard InChI is InChI=1S/C13H22N2O/c1-3-15(8-4-5-9-16)11-13-7-6-12(2)14-10-13/h6-7,10,16H,3-5,8-9,11H2,1-2H3. The number of hydrogen-bond acceptors (Lipinski definition) is 3. The summed E-state index contributed by atoms with van der Waals surface area (Å²) in [6.07, 6.45) is 3.90. The molecule has 1 heterocycles. The van der Waals surface area contributed by atoms with Gasteiger partial charge in [-0.2, -0.15) is 0 Å².